The summed E-state index contributed by atoms with van der Waals surface area (Å²) in [4.78, 5) is 12.6. The van der Waals surface area contributed by atoms with E-state index in [1.807, 2.05) is 13.2 Å². The zero-order valence-corrected chi connectivity index (χ0v) is 16.3. The van der Waals surface area contributed by atoms with E-state index >= 15 is 0 Å². The first-order valence-electron chi connectivity index (χ1n) is 8.61. The van der Waals surface area contributed by atoms with Gasteiger partial charge < -0.3 is 10.6 Å². The van der Waals surface area contributed by atoms with E-state index in [1.165, 1.54) is 9.88 Å². The van der Waals surface area contributed by atoms with Crippen LogP contribution in [0.3, 0.4) is 0 Å². The minimum absolute atomic E-state index is 0.560. The standard InChI is InChI=1S/C17H33N5S/c1-7-15-12-21-16(23-15)8-9-19-17(18-6)20-10-11-22(13(2)3)14(4)5/h12-14H,7-11H2,1-6H3,(H2,18,19,20). The van der Waals surface area contributed by atoms with Crippen LogP contribution in [0, 0.1) is 0 Å². The highest BCUT2D eigenvalue weighted by Crippen LogP contribution is 2.13. The first-order valence-corrected chi connectivity index (χ1v) is 9.43. The Morgan fingerprint density at radius 3 is 2.39 bits per heavy atom. The molecular weight excluding hydrogens is 306 g/mol. The molecule has 2 N–H and O–H groups in total. The van der Waals surface area contributed by atoms with Crippen LogP contribution in [0.1, 0.15) is 44.5 Å². The van der Waals surface area contributed by atoms with Crippen molar-refractivity contribution in [3.63, 3.8) is 0 Å². The first kappa shape index (κ1) is 19.9. The molecule has 0 aliphatic rings. The third-order valence-corrected chi connectivity index (χ3v) is 5.00. The Kier molecular flexibility index (Phi) is 9.17. The zero-order valence-electron chi connectivity index (χ0n) is 15.5. The Bertz CT molecular complexity index is 459. The summed E-state index contributed by atoms with van der Waals surface area (Å²) in [6, 6.07) is 1.12. The Hall–Kier alpha value is -1.14. The molecule has 0 atom stereocenters. The molecule has 0 aromatic carbocycles. The van der Waals surface area contributed by atoms with Crippen molar-refractivity contribution in [3.05, 3.63) is 16.1 Å². The average molecular weight is 340 g/mol. The molecule has 6 heteroatoms. The number of aliphatic imine (C=N–C) groups is 1. The molecule has 5 nitrogen and oxygen atoms in total. The number of aryl methyl sites for hydroxylation is 1. The minimum Gasteiger partial charge on any atom is -0.356 e. The van der Waals surface area contributed by atoms with Crippen LogP contribution in [0.4, 0.5) is 0 Å². The zero-order chi connectivity index (χ0) is 17.2. The maximum atomic E-state index is 4.45. The summed E-state index contributed by atoms with van der Waals surface area (Å²) >= 11 is 1.80. The summed E-state index contributed by atoms with van der Waals surface area (Å²) in [5.41, 5.74) is 0. The highest BCUT2D eigenvalue weighted by atomic mass is 32.1. The van der Waals surface area contributed by atoms with Crippen molar-refractivity contribution in [1.29, 1.82) is 0 Å². The molecule has 0 saturated heterocycles. The second-order valence-electron chi connectivity index (χ2n) is 6.17. The number of rotatable bonds is 9. The van der Waals surface area contributed by atoms with Crippen LogP contribution in [-0.2, 0) is 12.8 Å². The van der Waals surface area contributed by atoms with Crippen molar-refractivity contribution < 1.29 is 0 Å². The topological polar surface area (TPSA) is 52.6 Å². The third-order valence-electron chi connectivity index (χ3n) is 3.79. The third kappa shape index (κ3) is 7.31. The van der Waals surface area contributed by atoms with Crippen LogP contribution in [0.5, 0.6) is 0 Å². The van der Waals surface area contributed by atoms with Gasteiger partial charge in [0.25, 0.3) is 0 Å². The molecule has 0 fully saturated rings. The molecule has 0 amide bonds. The van der Waals surface area contributed by atoms with Gasteiger partial charge in [-0.05, 0) is 34.1 Å². The predicted molar refractivity (Wildman–Crippen MR) is 102 cm³/mol. The molecule has 1 heterocycles. The fraction of sp³-hybridized carbons (Fsp3) is 0.765. The summed E-state index contributed by atoms with van der Waals surface area (Å²) < 4.78 is 0. The maximum absolute atomic E-state index is 4.45. The van der Waals surface area contributed by atoms with Gasteiger partial charge in [-0.25, -0.2) is 4.98 Å². The van der Waals surface area contributed by atoms with E-state index < -0.39 is 0 Å². The number of hydrogen-bond acceptors (Lipinski definition) is 4. The maximum Gasteiger partial charge on any atom is 0.191 e. The monoisotopic (exact) mass is 339 g/mol. The van der Waals surface area contributed by atoms with Crippen LogP contribution in [0.2, 0.25) is 0 Å². The van der Waals surface area contributed by atoms with Gasteiger partial charge in [-0.1, -0.05) is 6.92 Å². The molecule has 0 unspecified atom stereocenters. The summed E-state index contributed by atoms with van der Waals surface area (Å²) in [6.45, 7) is 13.9. The number of guanidine groups is 1. The van der Waals surface area contributed by atoms with Gasteiger partial charge in [0, 0.05) is 56.3 Å². The van der Waals surface area contributed by atoms with E-state index in [2.05, 4.69) is 60.1 Å². The predicted octanol–water partition coefficient (Wildman–Crippen LogP) is 2.53. The lowest BCUT2D eigenvalue weighted by molar-refractivity contribution is 0.178. The second-order valence-corrected chi connectivity index (χ2v) is 7.37. The quantitative estimate of drug-likeness (QED) is 0.536. The largest absolute Gasteiger partial charge is 0.356 e. The van der Waals surface area contributed by atoms with Crippen molar-refractivity contribution in [2.45, 2.75) is 59.5 Å². The molecule has 0 spiro atoms. The van der Waals surface area contributed by atoms with E-state index in [4.69, 9.17) is 0 Å². The van der Waals surface area contributed by atoms with Crippen molar-refractivity contribution in [3.8, 4) is 0 Å². The fourth-order valence-corrected chi connectivity index (χ4v) is 3.41. The second kappa shape index (κ2) is 10.6. The van der Waals surface area contributed by atoms with Crippen LogP contribution in [-0.4, -0.2) is 54.6 Å². The van der Waals surface area contributed by atoms with Gasteiger partial charge in [0.15, 0.2) is 5.96 Å². The van der Waals surface area contributed by atoms with Gasteiger partial charge in [0.05, 0.1) is 5.01 Å². The Labute approximate surface area is 145 Å². The molecule has 1 aromatic heterocycles. The van der Waals surface area contributed by atoms with Gasteiger partial charge in [-0.2, -0.15) is 0 Å². The Morgan fingerprint density at radius 1 is 1.22 bits per heavy atom. The number of nitrogens with one attached hydrogen (secondary N) is 2. The molecular formula is C17H33N5S. The van der Waals surface area contributed by atoms with Gasteiger partial charge in [0.2, 0.25) is 0 Å². The van der Waals surface area contributed by atoms with Crippen molar-refractivity contribution in [1.82, 2.24) is 20.5 Å². The molecule has 23 heavy (non-hydrogen) atoms. The van der Waals surface area contributed by atoms with E-state index in [9.17, 15) is 0 Å². The molecule has 132 valence electrons. The first-order chi connectivity index (χ1) is 11.0. The smallest absolute Gasteiger partial charge is 0.191 e. The Balaban J connectivity index is 2.29. The number of thiazole rings is 1. The van der Waals surface area contributed by atoms with Gasteiger partial charge >= 0.3 is 0 Å². The lowest BCUT2D eigenvalue weighted by Gasteiger charge is -2.30. The molecule has 0 aliphatic heterocycles. The fourth-order valence-electron chi connectivity index (χ4n) is 2.55. The van der Waals surface area contributed by atoms with E-state index in [-0.39, 0.29) is 0 Å². The Morgan fingerprint density at radius 2 is 1.87 bits per heavy atom. The summed E-state index contributed by atoms with van der Waals surface area (Å²) in [5.74, 6) is 0.865. The van der Waals surface area contributed by atoms with Crippen molar-refractivity contribution in [2.75, 3.05) is 26.7 Å². The summed E-state index contributed by atoms with van der Waals surface area (Å²) in [5, 5.41) is 7.95. The number of hydrogen-bond donors (Lipinski definition) is 2. The van der Waals surface area contributed by atoms with Crippen LogP contribution >= 0.6 is 11.3 Å². The number of nitrogens with zero attached hydrogens (tertiary/aromatic N) is 3. The molecule has 0 saturated carbocycles. The van der Waals surface area contributed by atoms with Gasteiger partial charge in [0.1, 0.15) is 0 Å². The van der Waals surface area contributed by atoms with Gasteiger partial charge in [-0.3, -0.25) is 9.89 Å². The summed E-state index contributed by atoms with van der Waals surface area (Å²) in [7, 11) is 1.82. The van der Waals surface area contributed by atoms with Gasteiger partial charge in [-0.15, -0.1) is 11.3 Å². The molecule has 0 radical (unpaired) electrons. The normalized spacial score (nSPS) is 12.5. The minimum atomic E-state index is 0.560. The van der Waals surface area contributed by atoms with E-state index in [0.717, 1.165) is 38.4 Å². The SMILES string of the molecule is CCc1cnc(CCNC(=NC)NCCN(C(C)C)C(C)C)s1. The lowest BCUT2D eigenvalue weighted by Crippen LogP contribution is -2.45. The lowest BCUT2D eigenvalue weighted by atomic mass is 10.2. The summed E-state index contributed by atoms with van der Waals surface area (Å²) in [6.07, 6.45) is 3.99. The molecule has 1 rings (SSSR count). The van der Waals surface area contributed by atoms with Crippen LogP contribution < -0.4 is 10.6 Å². The highest BCUT2D eigenvalue weighted by molar-refractivity contribution is 7.11. The van der Waals surface area contributed by atoms with Crippen LogP contribution in [0.15, 0.2) is 11.2 Å². The highest BCUT2D eigenvalue weighted by Gasteiger charge is 2.12. The molecule has 0 aliphatic carbocycles. The average Bonchev–Trinajstić information content (AvgIpc) is 2.96. The van der Waals surface area contributed by atoms with Crippen molar-refractivity contribution in [2.24, 2.45) is 4.99 Å². The molecule has 1 aromatic rings. The number of aromatic nitrogens is 1. The van der Waals surface area contributed by atoms with E-state index in [0.29, 0.717) is 12.1 Å². The molecule has 0 bridgehead atoms. The van der Waals surface area contributed by atoms with E-state index in [1.54, 1.807) is 11.3 Å². The van der Waals surface area contributed by atoms with Crippen LogP contribution in [0.25, 0.3) is 0 Å². The van der Waals surface area contributed by atoms with Crippen molar-refractivity contribution >= 4 is 17.3 Å².